The quantitative estimate of drug-likeness (QED) is 0.179. The summed E-state index contributed by atoms with van der Waals surface area (Å²) < 4.78 is 3.12. The minimum absolute atomic E-state index is 0.0387. The van der Waals surface area contributed by atoms with Gasteiger partial charge in [-0.05, 0) is 75.4 Å². The molecule has 0 bridgehead atoms. The van der Waals surface area contributed by atoms with Crippen LogP contribution in [0.1, 0.15) is 36.8 Å². The maximum absolute atomic E-state index is 12.7. The number of nitrogens with one attached hydrogen (secondary N) is 1. The molecule has 1 heterocycles. The van der Waals surface area contributed by atoms with E-state index < -0.39 is 0 Å². The van der Waals surface area contributed by atoms with E-state index >= 15 is 0 Å². The molecule has 1 saturated heterocycles. The van der Waals surface area contributed by atoms with E-state index in [1.165, 1.54) is 17.3 Å². The maximum atomic E-state index is 12.7. The fraction of sp³-hybridized carbons (Fsp3) is 0.261. The summed E-state index contributed by atoms with van der Waals surface area (Å²) in [5, 5.41) is 2.93. The van der Waals surface area contributed by atoms with Gasteiger partial charge in [0, 0.05) is 26.4 Å². The topological polar surface area (TPSA) is 49.4 Å². The molecule has 2 amide bonds. The highest BCUT2D eigenvalue weighted by molar-refractivity contribution is 9.11. The van der Waals surface area contributed by atoms with E-state index in [0.29, 0.717) is 22.2 Å². The Hall–Kier alpha value is -1.00. The van der Waals surface area contributed by atoms with E-state index in [1.54, 1.807) is 4.90 Å². The molecule has 2 aromatic rings. The number of aryl methyl sites for hydroxylation is 1. The smallest absolute Gasteiger partial charge is 0.266 e. The molecule has 2 aromatic carbocycles. The molecule has 1 aliphatic rings. The van der Waals surface area contributed by atoms with Crippen molar-refractivity contribution in [3.05, 3.63) is 65.8 Å². The average Bonchev–Trinajstić information content (AvgIpc) is 2.99. The minimum atomic E-state index is -0.0413. The van der Waals surface area contributed by atoms with Crippen LogP contribution in [0, 0.1) is 6.92 Å². The molecule has 1 N–H and O–H groups in total. The predicted octanol–water partition coefficient (Wildman–Crippen LogP) is 7.68. The molecule has 0 aliphatic carbocycles. The molecule has 0 unspecified atom stereocenters. The Morgan fingerprint density at radius 2 is 1.75 bits per heavy atom. The Labute approximate surface area is 223 Å². The molecule has 0 aromatic heterocycles. The van der Waals surface area contributed by atoms with Crippen LogP contribution in [0.25, 0.3) is 6.08 Å². The van der Waals surface area contributed by atoms with Gasteiger partial charge in [0.2, 0.25) is 5.91 Å². The summed E-state index contributed by atoms with van der Waals surface area (Å²) in [5.74, 6) is -0.0800. The van der Waals surface area contributed by atoms with Crippen LogP contribution in [0.2, 0.25) is 0 Å². The third kappa shape index (κ3) is 7.00. The molecule has 0 radical (unpaired) electrons. The second kappa shape index (κ2) is 11.9. The SMILES string of the molecule is Cc1ccc(C=C2SC(=S)N(CCCCCC(=O)Nc3c(Br)cc(Br)cc3Br)C2=O)cc1. The van der Waals surface area contributed by atoms with Crippen molar-refractivity contribution in [3.8, 4) is 0 Å². The van der Waals surface area contributed by atoms with Gasteiger partial charge in [-0.2, -0.15) is 0 Å². The molecule has 0 spiro atoms. The highest BCUT2D eigenvalue weighted by atomic mass is 79.9. The lowest BCUT2D eigenvalue weighted by Crippen LogP contribution is -2.29. The third-order valence-electron chi connectivity index (χ3n) is 4.81. The molecule has 9 heteroatoms. The number of nitrogens with zero attached hydrogens (tertiary/aromatic N) is 1. The van der Waals surface area contributed by atoms with Gasteiger partial charge in [-0.25, -0.2) is 0 Å². The van der Waals surface area contributed by atoms with Crippen molar-refractivity contribution in [2.75, 3.05) is 11.9 Å². The molecular weight excluding hydrogens is 640 g/mol. The second-order valence-corrected chi connectivity index (χ2v) is 11.6. The average molecular weight is 661 g/mol. The molecule has 0 saturated carbocycles. The number of thioether (sulfide) groups is 1. The van der Waals surface area contributed by atoms with Crippen molar-refractivity contribution >= 4 is 99.7 Å². The number of rotatable bonds is 8. The van der Waals surface area contributed by atoms with Crippen molar-refractivity contribution in [3.63, 3.8) is 0 Å². The Kier molecular flexibility index (Phi) is 9.55. The molecule has 168 valence electrons. The first-order chi connectivity index (χ1) is 15.2. The Bertz CT molecular complexity index is 1050. The van der Waals surface area contributed by atoms with E-state index in [-0.39, 0.29) is 11.8 Å². The van der Waals surface area contributed by atoms with Gasteiger partial charge in [0.1, 0.15) is 4.32 Å². The van der Waals surface area contributed by atoms with Gasteiger partial charge in [-0.3, -0.25) is 14.5 Å². The fourth-order valence-electron chi connectivity index (χ4n) is 3.10. The van der Waals surface area contributed by atoms with E-state index in [2.05, 4.69) is 53.1 Å². The zero-order valence-corrected chi connectivity index (χ0v) is 23.7. The summed E-state index contributed by atoms with van der Waals surface area (Å²) in [7, 11) is 0. The Morgan fingerprint density at radius 3 is 2.41 bits per heavy atom. The van der Waals surface area contributed by atoms with Crippen LogP contribution in [0.3, 0.4) is 0 Å². The number of amides is 2. The van der Waals surface area contributed by atoms with E-state index in [4.69, 9.17) is 12.2 Å². The first kappa shape index (κ1) is 25.6. The van der Waals surface area contributed by atoms with Crippen LogP contribution in [-0.4, -0.2) is 27.6 Å². The van der Waals surface area contributed by atoms with Crippen molar-refractivity contribution in [2.24, 2.45) is 0 Å². The Morgan fingerprint density at radius 1 is 1.09 bits per heavy atom. The first-order valence-electron chi connectivity index (χ1n) is 10.0. The lowest BCUT2D eigenvalue weighted by Gasteiger charge is -2.14. The van der Waals surface area contributed by atoms with Crippen LogP contribution in [0.4, 0.5) is 5.69 Å². The normalized spacial score (nSPS) is 15.0. The number of hydrogen-bond donors (Lipinski definition) is 1. The van der Waals surface area contributed by atoms with Gasteiger partial charge in [-0.15, -0.1) is 0 Å². The fourth-order valence-corrected chi connectivity index (χ4v) is 6.87. The second-order valence-electron chi connectivity index (χ2n) is 7.35. The molecular formula is C23H21Br3N2O2S2. The van der Waals surface area contributed by atoms with Gasteiger partial charge < -0.3 is 5.32 Å². The number of halogens is 3. The zero-order valence-electron chi connectivity index (χ0n) is 17.3. The third-order valence-corrected chi connectivity index (χ3v) is 7.89. The first-order valence-corrected chi connectivity index (χ1v) is 13.6. The monoisotopic (exact) mass is 658 g/mol. The van der Waals surface area contributed by atoms with Crippen LogP contribution >= 0.6 is 71.8 Å². The van der Waals surface area contributed by atoms with E-state index in [1.807, 2.05) is 49.4 Å². The van der Waals surface area contributed by atoms with Crippen LogP contribution in [-0.2, 0) is 9.59 Å². The molecule has 1 aliphatic heterocycles. The summed E-state index contributed by atoms with van der Waals surface area (Å²) in [6.45, 7) is 2.60. The van der Waals surface area contributed by atoms with Crippen molar-refractivity contribution in [2.45, 2.75) is 32.6 Å². The van der Waals surface area contributed by atoms with E-state index in [9.17, 15) is 9.59 Å². The number of hydrogen-bond acceptors (Lipinski definition) is 4. The van der Waals surface area contributed by atoms with Gasteiger partial charge >= 0.3 is 0 Å². The molecule has 4 nitrogen and oxygen atoms in total. The van der Waals surface area contributed by atoms with Gasteiger partial charge in [-0.1, -0.05) is 76.2 Å². The number of carbonyl (C=O) groups is 2. The summed E-state index contributed by atoms with van der Waals surface area (Å²) >= 11 is 17.1. The molecule has 32 heavy (non-hydrogen) atoms. The van der Waals surface area contributed by atoms with Gasteiger partial charge in [0.25, 0.3) is 5.91 Å². The minimum Gasteiger partial charge on any atom is -0.324 e. The lowest BCUT2D eigenvalue weighted by atomic mass is 10.1. The summed E-state index contributed by atoms with van der Waals surface area (Å²) in [6, 6.07) is 11.8. The number of unbranched alkanes of at least 4 members (excludes halogenated alkanes) is 2. The molecule has 3 rings (SSSR count). The Balaban J connectivity index is 1.43. The highest BCUT2D eigenvalue weighted by Crippen LogP contribution is 2.35. The summed E-state index contributed by atoms with van der Waals surface area (Å²) in [4.78, 5) is 27.3. The number of benzene rings is 2. The van der Waals surface area contributed by atoms with Crippen LogP contribution in [0.5, 0.6) is 0 Å². The van der Waals surface area contributed by atoms with Crippen molar-refractivity contribution in [1.82, 2.24) is 4.90 Å². The van der Waals surface area contributed by atoms with Gasteiger partial charge in [0.15, 0.2) is 0 Å². The largest absolute Gasteiger partial charge is 0.324 e. The van der Waals surface area contributed by atoms with Crippen molar-refractivity contribution < 1.29 is 9.59 Å². The zero-order chi connectivity index (χ0) is 23.3. The molecule has 0 atom stereocenters. The highest BCUT2D eigenvalue weighted by Gasteiger charge is 2.31. The lowest BCUT2D eigenvalue weighted by molar-refractivity contribution is -0.122. The number of thiocarbonyl (C=S) groups is 1. The van der Waals surface area contributed by atoms with Crippen LogP contribution < -0.4 is 5.32 Å². The standard InChI is InChI=1S/C23H21Br3N2O2S2/c1-14-6-8-15(9-7-14)11-19-22(30)28(23(31)32-19)10-4-2-3-5-20(29)27-21-17(25)12-16(24)13-18(21)26/h6-9,11-13H,2-5,10H2,1H3,(H,27,29). The molecule has 1 fully saturated rings. The summed E-state index contributed by atoms with van der Waals surface area (Å²) in [5.41, 5.74) is 2.89. The van der Waals surface area contributed by atoms with Gasteiger partial charge in [0.05, 0.1) is 10.6 Å². The van der Waals surface area contributed by atoms with Crippen LogP contribution in [0.15, 0.2) is 54.7 Å². The van der Waals surface area contributed by atoms with Crippen molar-refractivity contribution in [1.29, 1.82) is 0 Å². The number of anilines is 1. The summed E-state index contributed by atoms with van der Waals surface area (Å²) in [6.07, 6.45) is 4.68. The maximum Gasteiger partial charge on any atom is 0.266 e. The predicted molar refractivity (Wildman–Crippen MR) is 148 cm³/mol. The number of carbonyl (C=O) groups excluding carboxylic acids is 2. The van der Waals surface area contributed by atoms with E-state index in [0.717, 1.165) is 43.9 Å².